The Morgan fingerprint density at radius 1 is 1.18 bits per heavy atom. The van der Waals surface area contributed by atoms with Gasteiger partial charge in [0.2, 0.25) is 5.91 Å². The number of amides is 2. The number of nitrogens with zero attached hydrogens (tertiary/aromatic N) is 1. The van der Waals surface area contributed by atoms with Crippen molar-refractivity contribution in [1.82, 2.24) is 15.5 Å². The van der Waals surface area contributed by atoms with E-state index in [-0.39, 0.29) is 57.1 Å². The van der Waals surface area contributed by atoms with E-state index in [1.165, 1.54) is 7.11 Å². The summed E-state index contributed by atoms with van der Waals surface area (Å²) in [5, 5.41) is 14.9. The number of carboxylic acids is 1. The van der Waals surface area contributed by atoms with E-state index in [1.807, 2.05) is 6.07 Å². The maximum Gasteiger partial charge on any atom is 0.317 e. The van der Waals surface area contributed by atoms with Crippen LogP contribution in [-0.4, -0.2) is 86.8 Å². The number of rotatable bonds is 8. The molecule has 0 saturated heterocycles. The van der Waals surface area contributed by atoms with E-state index in [2.05, 4.69) is 24.5 Å². The lowest BCUT2D eigenvalue weighted by Crippen LogP contribution is -2.46. The predicted octanol–water partition coefficient (Wildman–Crippen LogP) is 2.02. The second kappa shape index (κ2) is 15.9. The minimum Gasteiger partial charge on any atom is -0.493 e. The number of hydrogen-bond donors (Lipinski definition) is 3. The van der Waals surface area contributed by atoms with Crippen molar-refractivity contribution in [2.75, 3.05) is 53.0 Å². The van der Waals surface area contributed by atoms with Crippen LogP contribution in [0.3, 0.4) is 0 Å². The molecule has 1 unspecified atom stereocenters. The second-order valence-electron chi connectivity index (χ2n) is 10.3. The first-order valence-corrected chi connectivity index (χ1v) is 13.5. The summed E-state index contributed by atoms with van der Waals surface area (Å²) in [5.41, 5.74) is -0.196. The van der Waals surface area contributed by atoms with Crippen molar-refractivity contribution in [3.8, 4) is 11.5 Å². The van der Waals surface area contributed by atoms with Crippen LogP contribution in [0.15, 0.2) is 18.2 Å². The van der Waals surface area contributed by atoms with Gasteiger partial charge in [-0.1, -0.05) is 19.9 Å². The number of benzene rings is 1. The molecule has 0 aliphatic carbocycles. The van der Waals surface area contributed by atoms with Crippen molar-refractivity contribution < 1.29 is 38.5 Å². The molecule has 0 radical (unpaired) electrons. The number of carbonyl (C=O) groups excluding carboxylic acids is 3. The monoisotopic (exact) mass is 549 g/mol. The van der Waals surface area contributed by atoms with Crippen LogP contribution in [0.25, 0.3) is 0 Å². The fourth-order valence-corrected chi connectivity index (χ4v) is 4.50. The maximum absolute atomic E-state index is 13.4. The summed E-state index contributed by atoms with van der Waals surface area (Å²) in [6, 6.07) is 5.29. The smallest absolute Gasteiger partial charge is 0.317 e. The molecule has 2 bridgehead atoms. The van der Waals surface area contributed by atoms with Crippen molar-refractivity contribution >= 4 is 23.8 Å². The first-order chi connectivity index (χ1) is 18.6. The van der Waals surface area contributed by atoms with E-state index in [9.17, 15) is 24.3 Å². The number of carbonyl (C=O) groups is 4. The average molecular weight is 550 g/mol. The number of fused-ring (bicyclic) bond motifs is 16. The Morgan fingerprint density at radius 3 is 2.62 bits per heavy atom. The van der Waals surface area contributed by atoms with Crippen LogP contribution < -0.4 is 20.1 Å². The molecular formula is C28H43N3O8. The molecule has 0 fully saturated rings. The Balaban J connectivity index is 2.40. The average Bonchev–Trinajstić information content (AvgIpc) is 2.88. The quantitative estimate of drug-likeness (QED) is 0.328. The molecule has 11 nitrogen and oxygen atoms in total. The van der Waals surface area contributed by atoms with Crippen LogP contribution in [0.2, 0.25) is 0 Å². The third kappa shape index (κ3) is 10.7. The van der Waals surface area contributed by atoms with Gasteiger partial charge in [0.1, 0.15) is 0 Å². The molecule has 3 rings (SSSR count). The topological polar surface area (TPSA) is 144 Å². The Kier molecular flexibility index (Phi) is 13.0. The van der Waals surface area contributed by atoms with E-state index >= 15 is 0 Å². The molecule has 1 aromatic carbocycles. The molecule has 11 heteroatoms. The number of carboxylic acid groups (broad SMARTS) is 1. The lowest BCUT2D eigenvalue weighted by atomic mass is 9.76. The summed E-state index contributed by atoms with van der Waals surface area (Å²) in [4.78, 5) is 51.5. The fourth-order valence-electron chi connectivity index (χ4n) is 4.50. The Morgan fingerprint density at radius 2 is 1.95 bits per heavy atom. The molecule has 218 valence electrons. The molecule has 39 heavy (non-hydrogen) atoms. The molecule has 2 heterocycles. The Labute approximate surface area is 230 Å². The lowest BCUT2D eigenvalue weighted by Gasteiger charge is -2.33. The van der Waals surface area contributed by atoms with Crippen LogP contribution in [0.4, 0.5) is 0 Å². The lowest BCUT2D eigenvalue weighted by molar-refractivity contribution is -0.156. The Bertz CT molecular complexity index is 984. The zero-order valence-corrected chi connectivity index (χ0v) is 23.5. The minimum atomic E-state index is -0.999. The largest absolute Gasteiger partial charge is 0.493 e. The van der Waals surface area contributed by atoms with Gasteiger partial charge in [-0.2, -0.15) is 0 Å². The van der Waals surface area contributed by atoms with Crippen molar-refractivity contribution in [3.63, 3.8) is 0 Å². The summed E-state index contributed by atoms with van der Waals surface area (Å²) in [7, 11) is 1.50. The number of ether oxygens (including phenoxy) is 3. The SMILES string of the molecule is CCOC(=O)C1(CCC(C)C)CNC(=O)CCCN(CC(=O)O)CCNC(=O)COc2ccc(cc2OC)C1. The van der Waals surface area contributed by atoms with Crippen molar-refractivity contribution in [3.05, 3.63) is 23.8 Å². The number of hydrogen-bond acceptors (Lipinski definition) is 8. The highest BCUT2D eigenvalue weighted by molar-refractivity contribution is 5.80. The summed E-state index contributed by atoms with van der Waals surface area (Å²) in [6.07, 6.45) is 2.17. The Hall–Kier alpha value is -3.34. The van der Waals surface area contributed by atoms with Gasteiger partial charge >= 0.3 is 11.9 Å². The van der Waals surface area contributed by atoms with Gasteiger partial charge in [0, 0.05) is 26.1 Å². The number of methoxy groups -OCH3 is 1. The zero-order chi connectivity index (χ0) is 28.8. The third-order valence-electron chi connectivity index (χ3n) is 6.65. The highest BCUT2D eigenvalue weighted by Crippen LogP contribution is 2.35. The molecule has 2 aliphatic heterocycles. The zero-order valence-electron chi connectivity index (χ0n) is 23.5. The van der Waals surface area contributed by atoms with Crippen molar-refractivity contribution in [1.29, 1.82) is 0 Å². The summed E-state index contributed by atoms with van der Waals surface area (Å²) in [5.74, 6) is -0.830. The van der Waals surface area contributed by atoms with E-state index in [4.69, 9.17) is 14.2 Å². The highest BCUT2D eigenvalue weighted by Gasteiger charge is 2.40. The maximum atomic E-state index is 13.4. The third-order valence-corrected chi connectivity index (χ3v) is 6.65. The van der Waals surface area contributed by atoms with Crippen LogP contribution in [0.1, 0.15) is 52.0 Å². The van der Waals surface area contributed by atoms with Gasteiger partial charge in [-0.15, -0.1) is 0 Å². The van der Waals surface area contributed by atoms with E-state index in [0.29, 0.717) is 49.8 Å². The van der Waals surface area contributed by atoms with Gasteiger partial charge in [-0.3, -0.25) is 24.1 Å². The first-order valence-electron chi connectivity index (χ1n) is 13.5. The summed E-state index contributed by atoms with van der Waals surface area (Å²) >= 11 is 0. The normalized spacial score (nSPS) is 20.1. The molecule has 1 aromatic rings. The number of esters is 1. The summed E-state index contributed by atoms with van der Waals surface area (Å²) < 4.78 is 16.7. The number of aliphatic carboxylic acids is 1. The van der Waals surface area contributed by atoms with Gasteiger partial charge < -0.3 is 30.0 Å². The van der Waals surface area contributed by atoms with E-state index in [0.717, 1.165) is 12.0 Å². The van der Waals surface area contributed by atoms with E-state index in [1.54, 1.807) is 24.0 Å². The second-order valence-corrected chi connectivity index (χ2v) is 10.3. The van der Waals surface area contributed by atoms with Crippen LogP contribution in [0.5, 0.6) is 11.5 Å². The predicted molar refractivity (Wildman–Crippen MR) is 145 cm³/mol. The van der Waals surface area contributed by atoms with Gasteiger partial charge in [0.25, 0.3) is 5.91 Å². The molecule has 3 N–H and O–H groups in total. The molecule has 1 atom stereocenters. The minimum absolute atomic E-state index is 0.106. The van der Waals surface area contributed by atoms with Crippen LogP contribution >= 0.6 is 0 Å². The molecule has 2 aliphatic rings. The number of nitrogens with one attached hydrogen (secondary N) is 2. The van der Waals surface area contributed by atoms with Crippen molar-refractivity contribution in [2.45, 2.75) is 52.9 Å². The van der Waals surface area contributed by atoms with Gasteiger partial charge in [0.05, 0.1) is 25.7 Å². The van der Waals surface area contributed by atoms with Crippen LogP contribution in [-0.2, 0) is 30.3 Å². The van der Waals surface area contributed by atoms with Gasteiger partial charge in [-0.25, -0.2) is 0 Å². The summed E-state index contributed by atoms with van der Waals surface area (Å²) in [6.45, 7) is 6.68. The van der Waals surface area contributed by atoms with Gasteiger partial charge in [-0.05, 0) is 62.8 Å². The molecule has 0 saturated carbocycles. The van der Waals surface area contributed by atoms with Crippen LogP contribution in [0, 0.1) is 11.3 Å². The fraction of sp³-hybridized carbons (Fsp3) is 0.643. The molecule has 0 aromatic heterocycles. The molecule has 2 amide bonds. The van der Waals surface area contributed by atoms with E-state index < -0.39 is 11.4 Å². The molecule has 0 spiro atoms. The molecular weight excluding hydrogens is 506 g/mol. The highest BCUT2D eigenvalue weighted by atomic mass is 16.5. The van der Waals surface area contributed by atoms with Crippen molar-refractivity contribution in [2.24, 2.45) is 11.3 Å². The van der Waals surface area contributed by atoms with Gasteiger partial charge in [0.15, 0.2) is 18.1 Å². The standard InChI is InChI=1S/C28H43N3O8/c1-5-38-27(36)28(11-10-20(2)3)16-21-8-9-22(23(15-21)37-4)39-18-25(33)29-12-14-31(17-26(34)35)13-6-7-24(32)30-19-28/h8-9,15,20H,5-7,10-14,16-19H2,1-4H3,(H,29,33)(H,30,32)(H,34,35). The first kappa shape index (κ1) is 31.9.